The molecular weight excluding hydrogens is 331 g/mol. The largest absolute Gasteiger partial charge is 0.464 e. The van der Waals surface area contributed by atoms with Crippen LogP contribution in [0.2, 0.25) is 0 Å². The van der Waals surface area contributed by atoms with Gasteiger partial charge in [-0.05, 0) is 6.92 Å². The molecule has 0 radical (unpaired) electrons. The summed E-state index contributed by atoms with van der Waals surface area (Å²) in [6, 6.07) is 0. The molecule has 0 saturated carbocycles. The molecule has 0 bridgehead atoms. The molecule has 128 valence electrons. The second-order valence-corrected chi connectivity index (χ2v) is 3.94. The number of aromatic nitrogens is 2. The Kier molecular flexibility index (Phi) is 5.62. The molecule has 1 N–H and O–H groups in total. The van der Waals surface area contributed by atoms with E-state index in [1.807, 2.05) is 5.10 Å². The molecule has 1 unspecified atom stereocenters. The lowest BCUT2D eigenvalue weighted by Gasteiger charge is -2.14. The van der Waals surface area contributed by atoms with E-state index in [1.54, 1.807) is 0 Å². The number of esters is 2. The molecule has 1 aromatic rings. The number of carbonyl (C=O) groups excluding carboxylic acids is 2. The zero-order valence-electron chi connectivity index (χ0n) is 11.7. The molecule has 0 aliphatic rings. The van der Waals surface area contributed by atoms with Crippen LogP contribution in [0.3, 0.4) is 0 Å². The Morgan fingerprint density at radius 3 is 2.48 bits per heavy atom. The van der Waals surface area contributed by atoms with Crippen molar-refractivity contribution in [1.29, 1.82) is 0 Å². The summed E-state index contributed by atoms with van der Waals surface area (Å²) in [4.78, 5) is 32.8. The van der Waals surface area contributed by atoms with E-state index in [-0.39, 0.29) is 0 Å². The van der Waals surface area contributed by atoms with Gasteiger partial charge in [-0.15, -0.1) is 0 Å². The van der Waals surface area contributed by atoms with E-state index in [2.05, 4.69) is 19.3 Å². The predicted molar refractivity (Wildman–Crippen MR) is 63.5 cm³/mol. The monoisotopic (exact) mass is 341 g/mol. The van der Waals surface area contributed by atoms with Gasteiger partial charge >= 0.3 is 23.8 Å². The first-order chi connectivity index (χ1) is 10.6. The zero-order valence-corrected chi connectivity index (χ0v) is 11.7. The zero-order chi connectivity index (χ0) is 17.8. The highest BCUT2D eigenvalue weighted by Crippen LogP contribution is 2.23. The Balaban J connectivity index is 2.90. The maximum atomic E-state index is 12.0. The van der Waals surface area contributed by atoms with Gasteiger partial charge in [0.15, 0.2) is 0 Å². The number of carbonyl (C=O) groups is 2. The van der Waals surface area contributed by atoms with E-state index in [0.717, 1.165) is 14.0 Å². The maximum absolute atomic E-state index is 12.0. The lowest BCUT2D eigenvalue weighted by atomic mass is 10.3. The Hall–Kier alpha value is -2.70. The second kappa shape index (κ2) is 7.04. The van der Waals surface area contributed by atoms with Crippen LogP contribution in [0.1, 0.15) is 27.9 Å². The summed E-state index contributed by atoms with van der Waals surface area (Å²) in [6.07, 6.45) is -6.28. The standard InChI is InChI=1S/C10H10F3N3O7/c1-4(22-3-10(11,12)13)23-9(18)6-7(16(19)20)5(14-15-6)8(17)21-2/h4H,3H2,1-2H3,(H,14,15). The van der Waals surface area contributed by atoms with Crippen molar-refractivity contribution in [3.8, 4) is 0 Å². The number of nitrogens with one attached hydrogen (secondary N) is 1. The molecule has 1 rings (SSSR count). The van der Waals surface area contributed by atoms with E-state index in [0.29, 0.717) is 0 Å². The predicted octanol–water partition coefficient (Wildman–Crippen LogP) is 1.19. The average Bonchev–Trinajstić information content (AvgIpc) is 2.88. The van der Waals surface area contributed by atoms with Gasteiger partial charge in [0.25, 0.3) is 0 Å². The maximum Gasteiger partial charge on any atom is 0.411 e. The smallest absolute Gasteiger partial charge is 0.411 e. The van der Waals surface area contributed by atoms with Gasteiger partial charge in [-0.2, -0.15) is 18.3 Å². The number of halogens is 3. The number of hydrogen-bond donors (Lipinski definition) is 1. The molecule has 0 aliphatic heterocycles. The van der Waals surface area contributed by atoms with Crippen LogP contribution in [0, 0.1) is 10.1 Å². The number of ether oxygens (including phenoxy) is 3. The van der Waals surface area contributed by atoms with E-state index in [4.69, 9.17) is 0 Å². The van der Waals surface area contributed by atoms with E-state index in [9.17, 15) is 32.9 Å². The molecule has 0 amide bonds. The van der Waals surface area contributed by atoms with Crippen LogP contribution >= 0.6 is 0 Å². The minimum absolute atomic E-state index is 0.784. The van der Waals surface area contributed by atoms with Gasteiger partial charge < -0.3 is 14.2 Å². The number of H-pyrrole nitrogens is 1. The van der Waals surface area contributed by atoms with Crippen molar-refractivity contribution in [2.75, 3.05) is 13.7 Å². The third-order valence-electron chi connectivity index (χ3n) is 2.26. The summed E-state index contributed by atoms with van der Waals surface area (Å²) >= 11 is 0. The van der Waals surface area contributed by atoms with Crippen LogP contribution in [-0.2, 0) is 14.2 Å². The quantitative estimate of drug-likeness (QED) is 0.353. The van der Waals surface area contributed by atoms with Gasteiger partial charge in [-0.1, -0.05) is 0 Å². The molecular formula is C10H10F3N3O7. The summed E-state index contributed by atoms with van der Waals surface area (Å²) in [5.41, 5.74) is -2.64. The fourth-order valence-electron chi connectivity index (χ4n) is 1.35. The summed E-state index contributed by atoms with van der Waals surface area (Å²) in [7, 11) is 0.936. The van der Waals surface area contributed by atoms with E-state index in [1.165, 1.54) is 0 Å². The first kappa shape index (κ1) is 18.3. The number of hydrogen-bond acceptors (Lipinski definition) is 8. The third-order valence-corrected chi connectivity index (χ3v) is 2.26. The molecule has 0 spiro atoms. The van der Waals surface area contributed by atoms with E-state index >= 15 is 0 Å². The van der Waals surface area contributed by atoms with Crippen LogP contribution in [0.4, 0.5) is 18.9 Å². The lowest BCUT2D eigenvalue weighted by molar-refractivity contribution is -0.385. The lowest BCUT2D eigenvalue weighted by Crippen LogP contribution is -2.25. The van der Waals surface area contributed by atoms with Gasteiger partial charge in [0.1, 0.15) is 6.61 Å². The highest BCUT2D eigenvalue weighted by molar-refractivity contribution is 5.99. The molecule has 10 nitrogen and oxygen atoms in total. The first-order valence-electron chi connectivity index (χ1n) is 5.77. The molecule has 0 saturated heterocycles. The van der Waals surface area contributed by atoms with Crippen LogP contribution in [0.15, 0.2) is 0 Å². The van der Waals surface area contributed by atoms with Gasteiger partial charge in [-0.3, -0.25) is 15.2 Å². The average molecular weight is 341 g/mol. The fourth-order valence-corrected chi connectivity index (χ4v) is 1.35. The number of aromatic amines is 1. The van der Waals surface area contributed by atoms with Gasteiger partial charge in [-0.25, -0.2) is 9.59 Å². The number of nitrogens with zero attached hydrogens (tertiary/aromatic N) is 2. The Morgan fingerprint density at radius 2 is 2.00 bits per heavy atom. The summed E-state index contributed by atoms with van der Waals surface area (Å²) in [5.74, 6) is -2.61. The second-order valence-electron chi connectivity index (χ2n) is 3.94. The minimum Gasteiger partial charge on any atom is -0.464 e. The Labute approximate surface area is 125 Å². The minimum atomic E-state index is -4.64. The summed E-state index contributed by atoms with van der Waals surface area (Å²) in [5, 5.41) is 16.1. The van der Waals surface area contributed by atoms with Crippen molar-refractivity contribution >= 4 is 17.6 Å². The molecule has 1 aromatic heterocycles. The van der Waals surface area contributed by atoms with E-state index < -0.39 is 53.0 Å². The van der Waals surface area contributed by atoms with Crippen molar-refractivity contribution in [1.82, 2.24) is 10.2 Å². The van der Waals surface area contributed by atoms with Crippen LogP contribution < -0.4 is 0 Å². The van der Waals surface area contributed by atoms with Crippen molar-refractivity contribution in [3.63, 3.8) is 0 Å². The number of methoxy groups -OCH3 is 1. The molecule has 0 aromatic carbocycles. The molecule has 1 heterocycles. The fraction of sp³-hybridized carbons (Fsp3) is 0.500. The summed E-state index contributed by atoms with van der Waals surface area (Å²) < 4.78 is 48.8. The molecule has 13 heteroatoms. The number of alkyl halides is 3. The Bertz CT molecular complexity index is 613. The molecule has 23 heavy (non-hydrogen) atoms. The van der Waals surface area contributed by atoms with Crippen molar-refractivity contribution < 1.29 is 41.9 Å². The van der Waals surface area contributed by atoms with Crippen LogP contribution in [-0.4, -0.2) is 53.2 Å². The van der Waals surface area contributed by atoms with Crippen molar-refractivity contribution in [2.24, 2.45) is 0 Å². The highest BCUT2D eigenvalue weighted by Gasteiger charge is 2.35. The van der Waals surface area contributed by atoms with Gasteiger partial charge in [0, 0.05) is 0 Å². The number of nitro groups is 1. The third kappa shape index (κ3) is 4.91. The molecule has 0 fully saturated rings. The SMILES string of the molecule is COC(=O)c1n[nH]c(C(=O)OC(C)OCC(F)(F)F)c1[N+](=O)[O-]. The molecule has 1 atom stereocenters. The highest BCUT2D eigenvalue weighted by atomic mass is 19.4. The number of rotatable bonds is 6. The summed E-state index contributed by atoms with van der Waals surface area (Å²) in [6.45, 7) is -0.701. The topological polar surface area (TPSA) is 134 Å². The van der Waals surface area contributed by atoms with Gasteiger partial charge in [0.05, 0.1) is 12.0 Å². The first-order valence-corrected chi connectivity index (χ1v) is 5.77. The van der Waals surface area contributed by atoms with Crippen molar-refractivity contribution in [3.05, 3.63) is 21.5 Å². The Morgan fingerprint density at radius 1 is 1.39 bits per heavy atom. The molecule has 0 aliphatic carbocycles. The van der Waals surface area contributed by atoms with Crippen LogP contribution in [0.25, 0.3) is 0 Å². The van der Waals surface area contributed by atoms with Gasteiger partial charge in [0.2, 0.25) is 17.7 Å². The van der Waals surface area contributed by atoms with Crippen molar-refractivity contribution in [2.45, 2.75) is 19.4 Å². The van der Waals surface area contributed by atoms with Crippen LogP contribution in [0.5, 0.6) is 0 Å². The normalized spacial score (nSPS) is 12.6.